The molecule has 2 aromatic carbocycles. The van der Waals surface area contributed by atoms with Crippen molar-refractivity contribution >= 4 is 17.5 Å². The third-order valence-corrected chi connectivity index (χ3v) is 5.75. The van der Waals surface area contributed by atoms with Gasteiger partial charge in [-0.2, -0.15) is 0 Å². The van der Waals surface area contributed by atoms with Gasteiger partial charge in [-0.3, -0.25) is 14.5 Å². The zero-order valence-electron chi connectivity index (χ0n) is 18.0. The van der Waals surface area contributed by atoms with E-state index < -0.39 is 0 Å². The van der Waals surface area contributed by atoms with Crippen LogP contribution in [0.3, 0.4) is 0 Å². The van der Waals surface area contributed by atoms with Gasteiger partial charge in [0, 0.05) is 12.5 Å². The number of likely N-dealkylation sites (tertiary alicyclic amines) is 1. The molecule has 0 bridgehead atoms. The lowest BCUT2D eigenvalue weighted by molar-refractivity contribution is -0.127. The molecule has 0 unspecified atom stereocenters. The highest BCUT2D eigenvalue weighted by atomic mass is 16.5. The van der Waals surface area contributed by atoms with Crippen LogP contribution in [0.5, 0.6) is 5.75 Å². The Morgan fingerprint density at radius 1 is 1.13 bits per heavy atom. The van der Waals surface area contributed by atoms with Gasteiger partial charge in [-0.05, 0) is 63.0 Å². The first kappa shape index (κ1) is 21.8. The minimum Gasteiger partial charge on any atom is -0.495 e. The Balaban J connectivity index is 1.48. The highest BCUT2D eigenvalue weighted by molar-refractivity contribution is 5.96. The number of nitrogens with one attached hydrogen (secondary N) is 2. The zero-order chi connectivity index (χ0) is 21.5. The second-order valence-corrected chi connectivity index (χ2v) is 7.88. The van der Waals surface area contributed by atoms with E-state index in [2.05, 4.69) is 15.5 Å². The van der Waals surface area contributed by atoms with Crippen molar-refractivity contribution in [2.24, 2.45) is 5.92 Å². The summed E-state index contributed by atoms with van der Waals surface area (Å²) in [5.41, 5.74) is 2.84. The first-order valence-corrected chi connectivity index (χ1v) is 10.5. The average molecular weight is 410 g/mol. The number of aryl methyl sites for hydroxylation is 1. The Labute approximate surface area is 178 Å². The van der Waals surface area contributed by atoms with Gasteiger partial charge in [0.05, 0.1) is 18.8 Å². The molecule has 0 aliphatic carbocycles. The van der Waals surface area contributed by atoms with Gasteiger partial charge in [-0.1, -0.05) is 36.4 Å². The molecule has 1 heterocycles. The van der Waals surface area contributed by atoms with Crippen molar-refractivity contribution in [1.29, 1.82) is 0 Å². The molecular weight excluding hydrogens is 378 g/mol. The summed E-state index contributed by atoms with van der Waals surface area (Å²) in [6.07, 6.45) is 1.51. The third kappa shape index (κ3) is 5.60. The van der Waals surface area contributed by atoms with Crippen LogP contribution in [0.2, 0.25) is 0 Å². The Bertz CT molecular complexity index is 861. The number of nitrogens with zero attached hydrogens (tertiary/aromatic N) is 1. The van der Waals surface area contributed by atoms with Crippen molar-refractivity contribution in [2.75, 3.05) is 25.5 Å². The summed E-state index contributed by atoms with van der Waals surface area (Å²) >= 11 is 0. The van der Waals surface area contributed by atoms with E-state index in [1.807, 2.05) is 62.4 Å². The van der Waals surface area contributed by atoms with Crippen LogP contribution in [-0.4, -0.2) is 43.0 Å². The fourth-order valence-corrected chi connectivity index (χ4v) is 3.80. The number of benzene rings is 2. The third-order valence-electron chi connectivity index (χ3n) is 5.75. The van der Waals surface area contributed by atoms with Gasteiger partial charge < -0.3 is 15.4 Å². The summed E-state index contributed by atoms with van der Waals surface area (Å²) < 4.78 is 5.35. The maximum Gasteiger partial charge on any atom is 0.241 e. The van der Waals surface area contributed by atoms with Crippen molar-refractivity contribution in [3.8, 4) is 5.75 Å². The lowest BCUT2D eigenvalue weighted by Gasteiger charge is -2.34. The molecule has 6 heteroatoms. The quantitative estimate of drug-likeness (QED) is 0.736. The maximum absolute atomic E-state index is 12.8. The molecule has 2 N–H and O–H groups in total. The second kappa shape index (κ2) is 10.3. The van der Waals surface area contributed by atoms with Crippen molar-refractivity contribution in [3.05, 3.63) is 59.7 Å². The Morgan fingerprint density at radius 3 is 2.50 bits per heavy atom. The first-order valence-electron chi connectivity index (χ1n) is 10.5. The van der Waals surface area contributed by atoms with Crippen molar-refractivity contribution in [2.45, 2.75) is 39.3 Å². The fraction of sp³-hybridized carbons (Fsp3) is 0.417. The molecule has 160 valence electrons. The fourth-order valence-electron chi connectivity index (χ4n) is 3.80. The van der Waals surface area contributed by atoms with Gasteiger partial charge in [-0.15, -0.1) is 0 Å². The van der Waals surface area contributed by atoms with E-state index >= 15 is 0 Å². The number of rotatable bonds is 7. The molecule has 1 fully saturated rings. The summed E-state index contributed by atoms with van der Waals surface area (Å²) in [6, 6.07) is 15.4. The molecule has 6 nitrogen and oxygen atoms in total. The van der Waals surface area contributed by atoms with E-state index in [0.29, 0.717) is 18.0 Å². The molecule has 1 aliphatic heterocycles. The number of anilines is 1. The monoisotopic (exact) mass is 409 g/mol. The van der Waals surface area contributed by atoms with Crippen LogP contribution in [0.4, 0.5) is 5.69 Å². The van der Waals surface area contributed by atoms with E-state index in [1.165, 1.54) is 0 Å². The van der Waals surface area contributed by atoms with Crippen molar-refractivity contribution in [1.82, 2.24) is 10.2 Å². The number of piperidine rings is 1. The van der Waals surface area contributed by atoms with E-state index in [4.69, 9.17) is 4.74 Å². The van der Waals surface area contributed by atoms with Gasteiger partial charge in [0.25, 0.3) is 0 Å². The van der Waals surface area contributed by atoms with Crippen molar-refractivity contribution < 1.29 is 14.3 Å². The maximum atomic E-state index is 12.8. The topological polar surface area (TPSA) is 70.7 Å². The predicted molar refractivity (Wildman–Crippen MR) is 118 cm³/mol. The summed E-state index contributed by atoms with van der Waals surface area (Å²) in [6.45, 7) is 5.89. The molecule has 0 radical (unpaired) electrons. The molecule has 2 amide bonds. The van der Waals surface area contributed by atoms with Gasteiger partial charge in [0.1, 0.15) is 5.75 Å². The highest BCUT2D eigenvalue weighted by Gasteiger charge is 2.30. The van der Waals surface area contributed by atoms with E-state index in [0.717, 1.165) is 37.1 Å². The molecule has 0 saturated carbocycles. The SMILES string of the molecule is COc1ccc(C)cc1NC(=O)[C@H](C)N1CCC(C(=O)NCc2ccccc2)CC1. The smallest absolute Gasteiger partial charge is 0.241 e. The number of carbonyl (C=O) groups excluding carboxylic acids is 2. The van der Waals surface area contributed by atoms with Gasteiger partial charge in [0.2, 0.25) is 11.8 Å². The Hall–Kier alpha value is -2.86. The van der Waals surface area contributed by atoms with E-state index in [1.54, 1.807) is 7.11 Å². The molecule has 1 atom stereocenters. The number of amides is 2. The zero-order valence-corrected chi connectivity index (χ0v) is 18.0. The lowest BCUT2D eigenvalue weighted by atomic mass is 9.94. The highest BCUT2D eigenvalue weighted by Crippen LogP contribution is 2.26. The van der Waals surface area contributed by atoms with Crippen LogP contribution >= 0.6 is 0 Å². The first-order chi connectivity index (χ1) is 14.5. The summed E-state index contributed by atoms with van der Waals surface area (Å²) in [4.78, 5) is 27.4. The molecule has 2 aromatic rings. The Morgan fingerprint density at radius 2 is 1.83 bits per heavy atom. The normalized spacial score (nSPS) is 16.0. The van der Waals surface area contributed by atoms with E-state index in [-0.39, 0.29) is 23.8 Å². The summed E-state index contributed by atoms with van der Waals surface area (Å²) in [5, 5.41) is 6.02. The van der Waals surface area contributed by atoms with E-state index in [9.17, 15) is 9.59 Å². The molecule has 0 spiro atoms. The molecule has 30 heavy (non-hydrogen) atoms. The minimum atomic E-state index is -0.274. The molecule has 3 rings (SSSR count). The largest absolute Gasteiger partial charge is 0.495 e. The standard InChI is InChI=1S/C24H31N3O3/c1-17-9-10-22(30-3)21(15-17)26-23(28)18(2)27-13-11-20(12-14-27)24(29)25-16-19-7-5-4-6-8-19/h4-10,15,18,20H,11-14,16H2,1-3H3,(H,25,29)(H,26,28)/t18-/m0/s1. The molecule has 1 saturated heterocycles. The van der Waals surface area contributed by atoms with Crippen LogP contribution in [0, 0.1) is 12.8 Å². The lowest BCUT2D eigenvalue weighted by Crippen LogP contribution is -2.48. The van der Waals surface area contributed by atoms with Crippen LogP contribution in [0.15, 0.2) is 48.5 Å². The van der Waals surface area contributed by atoms with Gasteiger partial charge in [-0.25, -0.2) is 0 Å². The van der Waals surface area contributed by atoms with Crippen LogP contribution in [0.25, 0.3) is 0 Å². The Kier molecular flexibility index (Phi) is 7.46. The average Bonchev–Trinajstić information content (AvgIpc) is 2.78. The number of ether oxygens (including phenoxy) is 1. The van der Waals surface area contributed by atoms with Crippen molar-refractivity contribution in [3.63, 3.8) is 0 Å². The number of carbonyl (C=O) groups is 2. The number of hydrogen-bond acceptors (Lipinski definition) is 4. The summed E-state index contributed by atoms with van der Waals surface area (Å²) in [5.74, 6) is 0.679. The number of hydrogen-bond donors (Lipinski definition) is 2. The molecule has 0 aromatic heterocycles. The predicted octanol–water partition coefficient (Wildman–Crippen LogP) is 3.36. The summed E-state index contributed by atoms with van der Waals surface area (Å²) in [7, 11) is 1.59. The second-order valence-electron chi connectivity index (χ2n) is 7.88. The molecule has 1 aliphatic rings. The minimum absolute atomic E-state index is 0.00269. The van der Waals surface area contributed by atoms with Gasteiger partial charge in [0.15, 0.2) is 0 Å². The van der Waals surface area contributed by atoms with Crippen LogP contribution in [-0.2, 0) is 16.1 Å². The van der Waals surface area contributed by atoms with Crippen LogP contribution in [0.1, 0.15) is 30.9 Å². The molecular formula is C24H31N3O3. The van der Waals surface area contributed by atoms with Gasteiger partial charge >= 0.3 is 0 Å². The number of methoxy groups -OCH3 is 1. The van der Waals surface area contributed by atoms with Crippen LogP contribution < -0.4 is 15.4 Å².